The van der Waals surface area contributed by atoms with Crippen molar-refractivity contribution in [1.29, 1.82) is 0 Å². The van der Waals surface area contributed by atoms with E-state index in [0.29, 0.717) is 0 Å². The van der Waals surface area contributed by atoms with Gasteiger partial charge in [-0.05, 0) is 30.9 Å². The van der Waals surface area contributed by atoms with Crippen molar-refractivity contribution in [2.24, 2.45) is 0 Å². The minimum absolute atomic E-state index is 0.133. The van der Waals surface area contributed by atoms with Crippen molar-refractivity contribution in [3.8, 4) is 0 Å². The zero-order valence-electron chi connectivity index (χ0n) is 15.7. The smallest absolute Gasteiger partial charge is 0.321 e. The maximum absolute atomic E-state index is 12.5. The molecule has 27 heavy (non-hydrogen) atoms. The normalized spacial score (nSPS) is 15.5. The van der Waals surface area contributed by atoms with Crippen molar-refractivity contribution in [2.75, 3.05) is 0 Å². The highest BCUT2D eigenvalue weighted by Crippen LogP contribution is 2.22. The minimum atomic E-state index is -0.523. The van der Waals surface area contributed by atoms with Gasteiger partial charge in [0.25, 0.3) is 0 Å². The van der Waals surface area contributed by atoms with Crippen molar-refractivity contribution >= 4 is 11.9 Å². The first-order valence-electron chi connectivity index (χ1n) is 9.61. The number of benzene rings is 2. The van der Waals surface area contributed by atoms with Gasteiger partial charge in [-0.3, -0.25) is 15.4 Å². The molecular weight excluding hydrogens is 338 g/mol. The molecule has 0 saturated heterocycles. The summed E-state index contributed by atoms with van der Waals surface area (Å²) < 4.78 is 0. The number of nitrogens with one attached hydrogen (secondary N) is 3. The van der Waals surface area contributed by atoms with Gasteiger partial charge in [0, 0.05) is 6.04 Å². The van der Waals surface area contributed by atoms with Gasteiger partial charge in [0.1, 0.15) is 0 Å². The molecule has 5 heteroatoms. The lowest BCUT2D eigenvalue weighted by Crippen LogP contribution is -2.50. The van der Waals surface area contributed by atoms with Crippen LogP contribution in [0.15, 0.2) is 60.7 Å². The Labute approximate surface area is 160 Å². The molecule has 142 valence electrons. The number of hydrogen-bond donors (Lipinski definition) is 3. The Bertz CT molecular complexity index is 703. The Hall–Kier alpha value is -2.66. The van der Waals surface area contributed by atoms with Crippen LogP contribution in [0.3, 0.4) is 0 Å². The highest BCUT2D eigenvalue weighted by Gasteiger charge is 2.23. The minimum Gasteiger partial charge on any atom is -0.335 e. The van der Waals surface area contributed by atoms with Crippen molar-refractivity contribution in [2.45, 2.75) is 50.7 Å². The fourth-order valence-corrected chi connectivity index (χ4v) is 3.51. The second-order valence-electron chi connectivity index (χ2n) is 7.09. The summed E-state index contributed by atoms with van der Waals surface area (Å²) in [4.78, 5) is 24.6. The van der Waals surface area contributed by atoms with E-state index in [4.69, 9.17) is 0 Å². The van der Waals surface area contributed by atoms with E-state index >= 15 is 0 Å². The van der Waals surface area contributed by atoms with Crippen LogP contribution in [0.2, 0.25) is 0 Å². The molecule has 0 radical (unpaired) electrons. The molecule has 5 nitrogen and oxygen atoms in total. The van der Waals surface area contributed by atoms with Crippen molar-refractivity contribution < 1.29 is 9.59 Å². The quantitative estimate of drug-likeness (QED) is 0.733. The second kappa shape index (κ2) is 9.33. The molecule has 1 atom stereocenters. The molecule has 1 aliphatic carbocycles. The van der Waals surface area contributed by atoms with E-state index in [0.717, 1.165) is 36.8 Å². The molecule has 2 aromatic carbocycles. The van der Waals surface area contributed by atoms with Crippen molar-refractivity contribution in [3.05, 3.63) is 71.8 Å². The Morgan fingerprint density at radius 1 is 0.889 bits per heavy atom. The number of imide groups is 1. The lowest BCUT2D eigenvalue weighted by molar-refractivity contribution is -0.121. The van der Waals surface area contributed by atoms with Gasteiger partial charge in [0.05, 0.1) is 12.1 Å². The number of hydrogen-bond acceptors (Lipinski definition) is 3. The molecule has 1 unspecified atom stereocenters. The van der Waals surface area contributed by atoms with Crippen LogP contribution in [0.5, 0.6) is 0 Å². The number of carbonyl (C=O) groups is 2. The van der Waals surface area contributed by atoms with Gasteiger partial charge >= 0.3 is 6.03 Å². The summed E-state index contributed by atoms with van der Waals surface area (Å²) in [5.41, 5.74) is 2.14. The second-order valence-corrected chi connectivity index (χ2v) is 7.09. The Kier molecular flexibility index (Phi) is 6.60. The lowest BCUT2D eigenvalue weighted by atomic mass is 9.98. The van der Waals surface area contributed by atoms with Gasteiger partial charge in [-0.15, -0.1) is 0 Å². The number of carbonyl (C=O) groups excluding carboxylic acids is 2. The van der Waals surface area contributed by atoms with Crippen LogP contribution in [0.25, 0.3) is 0 Å². The summed E-state index contributed by atoms with van der Waals surface area (Å²) in [6.07, 6.45) is 4.23. The van der Waals surface area contributed by atoms with Crippen molar-refractivity contribution in [3.63, 3.8) is 0 Å². The molecule has 1 aliphatic rings. The first kappa shape index (κ1) is 19.1. The van der Waals surface area contributed by atoms with E-state index in [1.165, 1.54) is 0 Å². The third-order valence-electron chi connectivity index (χ3n) is 5.00. The predicted molar refractivity (Wildman–Crippen MR) is 106 cm³/mol. The van der Waals surface area contributed by atoms with Gasteiger partial charge in [0.2, 0.25) is 5.91 Å². The summed E-state index contributed by atoms with van der Waals surface area (Å²) in [6, 6.07) is 19.1. The molecule has 0 aromatic heterocycles. The van der Waals surface area contributed by atoms with Gasteiger partial charge < -0.3 is 5.32 Å². The number of amides is 3. The lowest BCUT2D eigenvalue weighted by Gasteiger charge is -2.24. The van der Waals surface area contributed by atoms with Crippen LogP contribution in [-0.2, 0) is 4.79 Å². The van der Waals surface area contributed by atoms with E-state index in [-0.39, 0.29) is 18.0 Å². The summed E-state index contributed by atoms with van der Waals surface area (Å²) >= 11 is 0. The first-order valence-corrected chi connectivity index (χ1v) is 9.61. The molecule has 3 amide bonds. The molecule has 0 bridgehead atoms. The highest BCUT2D eigenvalue weighted by molar-refractivity contribution is 5.96. The standard InChI is InChI=1S/C22H27N3O2/c1-16(21(26)25-22(27)24-19-14-8-9-15-19)23-20(17-10-4-2-5-11-17)18-12-6-3-7-13-18/h2-7,10-13,16,19-20,23H,8-9,14-15H2,1H3,(H2,24,25,26,27). The highest BCUT2D eigenvalue weighted by atomic mass is 16.2. The van der Waals surface area contributed by atoms with E-state index < -0.39 is 12.1 Å². The predicted octanol–water partition coefficient (Wildman–Crippen LogP) is 3.52. The summed E-state index contributed by atoms with van der Waals surface area (Å²) in [6.45, 7) is 1.77. The van der Waals surface area contributed by atoms with Crippen LogP contribution in [0.1, 0.15) is 49.8 Å². The SMILES string of the molecule is CC(NC(c1ccccc1)c1ccccc1)C(=O)NC(=O)NC1CCCC1. The zero-order chi connectivity index (χ0) is 19.1. The topological polar surface area (TPSA) is 70.2 Å². The van der Waals surface area contributed by atoms with E-state index in [9.17, 15) is 9.59 Å². The molecule has 0 aliphatic heterocycles. The average molecular weight is 365 g/mol. The van der Waals surface area contributed by atoms with Crippen LogP contribution in [0, 0.1) is 0 Å². The Morgan fingerprint density at radius 2 is 1.41 bits per heavy atom. The largest absolute Gasteiger partial charge is 0.335 e. The summed E-state index contributed by atoms with van der Waals surface area (Å²) in [5, 5.41) is 8.70. The summed E-state index contributed by atoms with van der Waals surface area (Å²) in [5.74, 6) is -0.331. The van der Waals surface area contributed by atoms with Gasteiger partial charge in [-0.1, -0.05) is 73.5 Å². The monoisotopic (exact) mass is 365 g/mol. The van der Waals surface area contributed by atoms with Gasteiger partial charge in [-0.2, -0.15) is 0 Å². The van der Waals surface area contributed by atoms with Gasteiger partial charge in [-0.25, -0.2) is 4.79 Å². The van der Waals surface area contributed by atoms with Crippen LogP contribution in [-0.4, -0.2) is 24.0 Å². The maximum atomic E-state index is 12.5. The molecule has 1 fully saturated rings. The summed E-state index contributed by atoms with van der Waals surface area (Å²) in [7, 11) is 0. The molecule has 3 rings (SSSR count). The van der Waals surface area contributed by atoms with E-state index in [2.05, 4.69) is 16.0 Å². The number of rotatable bonds is 6. The van der Waals surface area contributed by atoms with Crippen molar-refractivity contribution in [1.82, 2.24) is 16.0 Å². The Balaban J connectivity index is 1.64. The fraction of sp³-hybridized carbons (Fsp3) is 0.364. The molecular formula is C22H27N3O2. The molecule has 0 spiro atoms. The third-order valence-corrected chi connectivity index (χ3v) is 5.00. The Morgan fingerprint density at radius 3 is 1.93 bits per heavy atom. The molecule has 0 heterocycles. The molecule has 1 saturated carbocycles. The number of urea groups is 1. The zero-order valence-corrected chi connectivity index (χ0v) is 15.7. The molecule has 3 N–H and O–H groups in total. The van der Waals surface area contributed by atoms with E-state index in [1.54, 1.807) is 6.92 Å². The molecule has 2 aromatic rings. The maximum Gasteiger partial charge on any atom is 0.321 e. The average Bonchev–Trinajstić information content (AvgIpc) is 3.20. The van der Waals surface area contributed by atoms with Crippen LogP contribution >= 0.6 is 0 Å². The third kappa shape index (κ3) is 5.41. The van der Waals surface area contributed by atoms with Crippen LogP contribution in [0.4, 0.5) is 4.79 Å². The van der Waals surface area contributed by atoms with Gasteiger partial charge in [0.15, 0.2) is 0 Å². The first-order chi connectivity index (χ1) is 13.1. The van der Waals surface area contributed by atoms with Crippen LogP contribution < -0.4 is 16.0 Å². The van der Waals surface area contributed by atoms with E-state index in [1.807, 2.05) is 60.7 Å². The fourth-order valence-electron chi connectivity index (χ4n) is 3.51.